The van der Waals surface area contributed by atoms with Gasteiger partial charge in [-0.25, -0.2) is 15.0 Å². The fraction of sp³-hybridized carbons (Fsp3) is 0.227. The minimum atomic E-state index is 0.439. The Bertz CT molecular complexity index is 1480. The number of aromatic amines is 1. The molecule has 0 saturated heterocycles. The Labute approximate surface area is 195 Å². The number of nitrogens with one attached hydrogen (secondary N) is 3. The van der Waals surface area contributed by atoms with Gasteiger partial charge >= 0.3 is 0 Å². The van der Waals surface area contributed by atoms with E-state index in [2.05, 4.69) is 35.8 Å². The van der Waals surface area contributed by atoms with E-state index in [-0.39, 0.29) is 0 Å². The Kier molecular flexibility index (Phi) is 5.24. The number of methoxy groups -OCH3 is 2. The van der Waals surface area contributed by atoms with Gasteiger partial charge in [0.05, 0.1) is 37.8 Å². The zero-order valence-corrected chi connectivity index (χ0v) is 19.4. The number of rotatable bonds is 7. The molecule has 0 aliphatic carbocycles. The summed E-state index contributed by atoms with van der Waals surface area (Å²) in [6.45, 7) is 1.98. The largest absolute Gasteiger partial charge is 0.478 e. The Balaban J connectivity index is 1.52. The van der Waals surface area contributed by atoms with Crippen LogP contribution in [0.15, 0.2) is 37.1 Å². The summed E-state index contributed by atoms with van der Waals surface area (Å²) in [7, 11) is 6.81. The van der Waals surface area contributed by atoms with Crippen LogP contribution in [0.3, 0.4) is 0 Å². The smallest absolute Gasteiger partial charge is 0.256 e. The number of aromatic nitrogens is 8. The Morgan fingerprint density at radius 3 is 2.29 bits per heavy atom. The molecule has 0 bridgehead atoms. The molecule has 0 saturated carbocycles. The Morgan fingerprint density at radius 1 is 0.941 bits per heavy atom. The van der Waals surface area contributed by atoms with Crippen molar-refractivity contribution in [2.75, 3.05) is 24.9 Å². The van der Waals surface area contributed by atoms with Crippen LogP contribution >= 0.6 is 0 Å². The van der Waals surface area contributed by atoms with Gasteiger partial charge in [-0.3, -0.25) is 9.36 Å². The molecule has 0 atom stereocenters. The monoisotopic (exact) mass is 460 g/mol. The number of ether oxygens (including phenoxy) is 2. The quantitative estimate of drug-likeness (QED) is 0.334. The number of anilines is 4. The lowest BCUT2D eigenvalue weighted by Gasteiger charge is -2.09. The number of fused-ring (bicyclic) bond motifs is 1. The molecule has 5 rings (SSSR count). The minimum Gasteiger partial charge on any atom is -0.478 e. The number of hydrogen-bond donors (Lipinski definition) is 3. The molecule has 5 heterocycles. The van der Waals surface area contributed by atoms with Crippen LogP contribution in [0.4, 0.5) is 23.1 Å². The summed E-state index contributed by atoms with van der Waals surface area (Å²) in [5.74, 6) is 2.04. The van der Waals surface area contributed by atoms with Crippen molar-refractivity contribution in [3.63, 3.8) is 0 Å². The van der Waals surface area contributed by atoms with Gasteiger partial charge in [-0.15, -0.1) is 10.2 Å². The molecule has 34 heavy (non-hydrogen) atoms. The van der Waals surface area contributed by atoms with Gasteiger partial charge < -0.3 is 25.1 Å². The summed E-state index contributed by atoms with van der Waals surface area (Å²) in [4.78, 5) is 17.0. The van der Waals surface area contributed by atoms with E-state index in [9.17, 15) is 0 Å². The highest BCUT2D eigenvalue weighted by atomic mass is 16.5. The molecule has 0 amide bonds. The van der Waals surface area contributed by atoms with E-state index in [0.717, 1.165) is 33.4 Å². The lowest BCUT2D eigenvalue weighted by molar-refractivity contribution is 0.393. The molecule has 0 aliphatic rings. The third kappa shape index (κ3) is 3.74. The van der Waals surface area contributed by atoms with Crippen LogP contribution in [0.1, 0.15) is 5.56 Å². The zero-order chi connectivity index (χ0) is 23.8. The standard InChI is InChI=1S/C22H24N10O2/c1-12-8-25-22(27-16-11-32(3)30-21(16)34-5)28-17(12)14-9-24-18-13(14)6-7-23-19(18)26-15-10-31(2)29-20(15)33-4/h6-11,24H,1-5H3,(H,23,26)(H,25,27,28). The Hall–Kier alpha value is -4.61. The lowest BCUT2D eigenvalue weighted by atomic mass is 10.1. The molecular formula is C22H24N10O2. The van der Waals surface area contributed by atoms with Gasteiger partial charge in [-0.2, -0.15) is 0 Å². The maximum atomic E-state index is 5.35. The van der Waals surface area contributed by atoms with Crippen molar-refractivity contribution in [2.45, 2.75) is 6.92 Å². The number of nitrogens with zero attached hydrogens (tertiary/aromatic N) is 7. The molecule has 5 aromatic heterocycles. The number of H-pyrrole nitrogens is 1. The van der Waals surface area contributed by atoms with E-state index in [1.54, 1.807) is 36.0 Å². The number of aryl methyl sites for hydroxylation is 3. The summed E-state index contributed by atoms with van der Waals surface area (Å²) >= 11 is 0. The van der Waals surface area contributed by atoms with Gasteiger partial charge in [0.25, 0.3) is 11.8 Å². The second kappa shape index (κ2) is 8.39. The first-order valence-corrected chi connectivity index (χ1v) is 10.5. The van der Waals surface area contributed by atoms with E-state index in [1.807, 2.05) is 45.7 Å². The number of hydrogen-bond acceptors (Lipinski definition) is 9. The van der Waals surface area contributed by atoms with Crippen molar-refractivity contribution in [3.05, 3.63) is 42.6 Å². The predicted octanol–water partition coefficient (Wildman–Crippen LogP) is 3.30. The molecular weight excluding hydrogens is 436 g/mol. The van der Waals surface area contributed by atoms with Crippen LogP contribution in [0, 0.1) is 6.92 Å². The van der Waals surface area contributed by atoms with Gasteiger partial charge in [0.15, 0.2) is 5.82 Å². The molecule has 0 unspecified atom stereocenters. The van der Waals surface area contributed by atoms with Crippen LogP contribution in [-0.2, 0) is 14.1 Å². The Morgan fingerprint density at radius 2 is 1.62 bits per heavy atom. The minimum absolute atomic E-state index is 0.439. The summed E-state index contributed by atoms with van der Waals surface area (Å²) in [5, 5.41) is 16.0. The highest BCUT2D eigenvalue weighted by Crippen LogP contribution is 2.35. The molecule has 12 heteroatoms. The van der Waals surface area contributed by atoms with Gasteiger partial charge in [0.2, 0.25) is 5.95 Å². The lowest BCUT2D eigenvalue weighted by Crippen LogP contribution is -2.00. The number of pyridine rings is 1. The van der Waals surface area contributed by atoms with Crippen molar-refractivity contribution < 1.29 is 9.47 Å². The normalized spacial score (nSPS) is 11.1. The van der Waals surface area contributed by atoms with Gasteiger partial charge in [-0.1, -0.05) is 0 Å². The molecule has 5 aromatic rings. The fourth-order valence-electron chi connectivity index (χ4n) is 3.78. The van der Waals surface area contributed by atoms with Crippen molar-refractivity contribution in [1.82, 2.24) is 39.5 Å². The van der Waals surface area contributed by atoms with E-state index in [4.69, 9.17) is 14.5 Å². The van der Waals surface area contributed by atoms with Crippen LogP contribution < -0.4 is 20.1 Å². The third-order valence-corrected chi connectivity index (χ3v) is 5.30. The average Bonchev–Trinajstić information content (AvgIpc) is 3.51. The molecule has 0 aliphatic heterocycles. The molecule has 0 radical (unpaired) electrons. The molecule has 3 N–H and O–H groups in total. The van der Waals surface area contributed by atoms with E-state index >= 15 is 0 Å². The average molecular weight is 461 g/mol. The fourth-order valence-corrected chi connectivity index (χ4v) is 3.78. The first-order chi connectivity index (χ1) is 16.5. The van der Waals surface area contributed by atoms with Crippen LogP contribution in [0.5, 0.6) is 11.8 Å². The maximum absolute atomic E-state index is 5.35. The second-order valence-corrected chi connectivity index (χ2v) is 7.71. The highest BCUT2D eigenvalue weighted by Gasteiger charge is 2.17. The molecule has 12 nitrogen and oxygen atoms in total. The van der Waals surface area contributed by atoms with Gasteiger partial charge in [-0.05, 0) is 18.6 Å². The molecule has 174 valence electrons. The first-order valence-electron chi connectivity index (χ1n) is 10.5. The summed E-state index contributed by atoms with van der Waals surface area (Å²) in [6, 6.07) is 1.95. The topological polar surface area (TPSA) is 133 Å². The summed E-state index contributed by atoms with van der Waals surface area (Å²) in [5.41, 5.74) is 4.90. The third-order valence-electron chi connectivity index (χ3n) is 5.30. The van der Waals surface area contributed by atoms with Crippen molar-refractivity contribution in [2.24, 2.45) is 14.1 Å². The van der Waals surface area contributed by atoms with Crippen LogP contribution in [0.2, 0.25) is 0 Å². The first kappa shape index (κ1) is 21.2. The van der Waals surface area contributed by atoms with E-state index in [0.29, 0.717) is 29.2 Å². The van der Waals surface area contributed by atoms with Crippen molar-refractivity contribution >= 4 is 34.0 Å². The van der Waals surface area contributed by atoms with Crippen molar-refractivity contribution in [1.29, 1.82) is 0 Å². The second-order valence-electron chi connectivity index (χ2n) is 7.71. The molecule has 0 fully saturated rings. The van der Waals surface area contributed by atoms with Gasteiger partial charge in [0, 0.05) is 43.6 Å². The molecule has 0 spiro atoms. The van der Waals surface area contributed by atoms with Crippen LogP contribution in [-0.4, -0.2) is 53.7 Å². The van der Waals surface area contributed by atoms with Crippen molar-refractivity contribution in [3.8, 4) is 23.0 Å². The highest BCUT2D eigenvalue weighted by molar-refractivity contribution is 6.01. The van der Waals surface area contributed by atoms with E-state index < -0.39 is 0 Å². The van der Waals surface area contributed by atoms with Gasteiger partial charge in [0.1, 0.15) is 11.4 Å². The molecule has 0 aromatic carbocycles. The SMILES string of the molecule is COc1nn(C)cc1Nc1ncc(C)c(-c2c[nH]c3c(Nc4cn(C)nc4OC)nccc23)n1. The maximum Gasteiger partial charge on any atom is 0.256 e. The van der Waals surface area contributed by atoms with Crippen LogP contribution in [0.25, 0.3) is 22.2 Å². The predicted molar refractivity (Wildman–Crippen MR) is 128 cm³/mol. The zero-order valence-electron chi connectivity index (χ0n) is 19.4. The van der Waals surface area contributed by atoms with E-state index in [1.165, 1.54) is 0 Å². The summed E-state index contributed by atoms with van der Waals surface area (Å²) < 4.78 is 14.0. The summed E-state index contributed by atoms with van der Waals surface area (Å²) in [6.07, 6.45) is 9.10.